The van der Waals surface area contributed by atoms with Crippen LogP contribution in [0.15, 0.2) is 42.3 Å². The SMILES string of the molecule is C=CCNC(=O)Nc1nc(-c2ccc(F)cc2)cs1. The van der Waals surface area contributed by atoms with E-state index in [9.17, 15) is 9.18 Å². The van der Waals surface area contributed by atoms with Gasteiger partial charge in [-0.2, -0.15) is 0 Å². The first-order valence-corrected chi connectivity index (χ1v) is 6.44. The number of aromatic nitrogens is 1. The normalized spacial score (nSPS) is 9.95. The Labute approximate surface area is 114 Å². The summed E-state index contributed by atoms with van der Waals surface area (Å²) in [4.78, 5) is 15.7. The number of anilines is 1. The molecule has 2 amide bonds. The highest BCUT2D eigenvalue weighted by atomic mass is 32.1. The maximum absolute atomic E-state index is 12.8. The molecule has 0 unspecified atom stereocenters. The molecule has 6 heteroatoms. The molecule has 19 heavy (non-hydrogen) atoms. The Morgan fingerprint density at radius 3 is 2.84 bits per heavy atom. The van der Waals surface area contributed by atoms with Gasteiger partial charge in [-0.15, -0.1) is 17.9 Å². The van der Waals surface area contributed by atoms with Gasteiger partial charge in [0.25, 0.3) is 0 Å². The Kier molecular flexibility index (Phi) is 4.25. The van der Waals surface area contributed by atoms with E-state index < -0.39 is 0 Å². The molecule has 1 heterocycles. The summed E-state index contributed by atoms with van der Waals surface area (Å²) < 4.78 is 12.8. The van der Waals surface area contributed by atoms with Gasteiger partial charge in [-0.05, 0) is 24.3 Å². The molecule has 2 N–H and O–H groups in total. The number of urea groups is 1. The Bertz CT molecular complexity index is 580. The number of benzene rings is 1. The molecular weight excluding hydrogens is 265 g/mol. The lowest BCUT2D eigenvalue weighted by molar-refractivity contribution is 0.253. The van der Waals surface area contributed by atoms with E-state index in [-0.39, 0.29) is 11.8 Å². The first-order chi connectivity index (χ1) is 9.19. The molecule has 0 bridgehead atoms. The third-order valence-corrected chi connectivity index (χ3v) is 3.03. The van der Waals surface area contributed by atoms with Gasteiger partial charge in [-0.25, -0.2) is 14.2 Å². The van der Waals surface area contributed by atoms with E-state index in [2.05, 4.69) is 22.2 Å². The van der Waals surface area contributed by atoms with E-state index in [1.807, 2.05) is 0 Å². The van der Waals surface area contributed by atoms with Crippen molar-refractivity contribution in [1.82, 2.24) is 10.3 Å². The molecule has 0 saturated carbocycles. The first-order valence-electron chi connectivity index (χ1n) is 5.56. The Morgan fingerprint density at radius 2 is 2.16 bits per heavy atom. The second-order valence-corrected chi connectivity index (χ2v) is 4.53. The molecule has 1 aromatic carbocycles. The molecule has 0 atom stereocenters. The van der Waals surface area contributed by atoms with Crippen LogP contribution in [0, 0.1) is 5.82 Å². The van der Waals surface area contributed by atoms with Crippen LogP contribution in [0.25, 0.3) is 11.3 Å². The number of nitrogens with zero attached hydrogens (tertiary/aromatic N) is 1. The zero-order valence-electron chi connectivity index (χ0n) is 10.0. The van der Waals surface area contributed by atoms with Gasteiger partial charge in [0.1, 0.15) is 5.82 Å². The lowest BCUT2D eigenvalue weighted by Gasteiger charge is -2.01. The van der Waals surface area contributed by atoms with Crippen LogP contribution in [0.2, 0.25) is 0 Å². The predicted octanol–water partition coefficient (Wildman–Crippen LogP) is 3.26. The molecule has 0 aliphatic carbocycles. The number of hydrogen-bond donors (Lipinski definition) is 2. The number of thiazole rings is 1. The minimum absolute atomic E-state index is 0.291. The highest BCUT2D eigenvalue weighted by Gasteiger charge is 2.07. The van der Waals surface area contributed by atoms with Crippen LogP contribution in [-0.4, -0.2) is 17.6 Å². The van der Waals surface area contributed by atoms with Crippen molar-refractivity contribution in [1.29, 1.82) is 0 Å². The maximum atomic E-state index is 12.8. The third kappa shape index (κ3) is 3.62. The van der Waals surface area contributed by atoms with E-state index in [1.165, 1.54) is 23.5 Å². The van der Waals surface area contributed by atoms with Crippen molar-refractivity contribution in [3.63, 3.8) is 0 Å². The Balaban J connectivity index is 2.04. The standard InChI is InChI=1S/C13H12FN3OS/c1-2-7-15-12(18)17-13-16-11(8-19-13)9-3-5-10(14)6-4-9/h2-6,8H,1,7H2,(H2,15,16,17,18). The Hall–Kier alpha value is -2.21. The number of carbonyl (C=O) groups is 1. The molecule has 0 saturated heterocycles. The minimum atomic E-state index is -0.333. The number of amides is 2. The summed E-state index contributed by atoms with van der Waals surface area (Å²) in [5.41, 5.74) is 1.50. The summed E-state index contributed by atoms with van der Waals surface area (Å²) >= 11 is 1.31. The zero-order chi connectivity index (χ0) is 13.7. The second-order valence-electron chi connectivity index (χ2n) is 3.67. The molecule has 0 aliphatic heterocycles. The van der Waals surface area contributed by atoms with Crippen LogP contribution >= 0.6 is 11.3 Å². The molecule has 4 nitrogen and oxygen atoms in total. The van der Waals surface area contributed by atoms with Crippen molar-refractivity contribution in [2.45, 2.75) is 0 Å². The molecule has 0 radical (unpaired) electrons. The van der Waals surface area contributed by atoms with Crippen LogP contribution in [-0.2, 0) is 0 Å². The smallest absolute Gasteiger partial charge is 0.321 e. The summed E-state index contributed by atoms with van der Waals surface area (Å²) in [5, 5.41) is 7.49. The zero-order valence-corrected chi connectivity index (χ0v) is 10.8. The molecule has 98 valence electrons. The highest BCUT2D eigenvalue weighted by Crippen LogP contribution is 2.24. The number of carbonyl (C=O) groups excluding carboxylic acids is 1. The van der Waals surface area contributed by atoms with Crippen molar-refractivity contribution in [3.8, 4) is 11.3 Å². The number of halogens is 1. The van der Waals surface area contributed by atoms with Gasteiger partial charge in [0, 0.05) is 17.5 Å². The molecule has 1 aromatic heterocycles. The van der Waals surface area contributed by atoms with Crippen molar-refractivity contribution >= 4 is 22.5 Å². The van der Waals surface area contributed by atoms with Crippen molar-refractivity contribution in [3.05, 3.63) is 48.1 Å². The third-order valence-electron chi connectivity index (χ3n) is 2.27. The molecule has 2 rings (SSSR count). The van der Waals surface area contributed by atoms with Gasteiger partial charge in [0.05, 0.1) is 5.69 Å². The molecule has 0 fully saturated rings. The lowest BCUT2D eigenvalue weighted by Crippen LogP contribution is -2.28. The lowest BCUT2D eigenvalue weighted by atomic mass is 10.2. The summed E-state index contributed by atoms with van der Waals surface area (Å²) in [6.07, 6.45) is 1.59. The number of nitrogens with one attached hydrogen (secondary N) is 2. The van der Waals surface area contributed by atoms with E-state index in [4.69, 9.17) is 0 Å². The maximum Gasteiger partial charge on any atom is 0.321 e. The number of hydrogen-bond acceptors (Lipinski definition) is 3. The van der Waals surface area contributed by atoms with Crippen molar-refractivity contribution in [2.75, 3.05) is 11.9 Å². The second kappa shape index (κ2) is 6.10. The van der Waals surface area contributed by atoms with Crippen LogP contribution < -0.4 is 10.6 Å². The van der Waals surface area contributed by atoms with Crippen LogP contribution in [0.3, 0.4) is 0 Å². The van der Waals surface area contributed by atoms with Gasteiger partial charge in [0.2, 0.25) is 0 Å². The fraction of sp³-hybridized carbons (Fsp3) is 0.0769. The van der Waals surface area contributed by atoms with Crippen molar-refractivity contribution in [2.24, 2.45) is 0 Å². The summed E-state index contributed by atoms with van der Waals surface area (Å²) in [5.74, 6) is -0.291. The van der Waals surface area contributed by atoms with E-state index in [1.54, 1.807) is 23.6 Å². The van der Waals surface area contributed by atoms with Gasteiger partial charge in [0.15, 0.2) is 5.13 Å². The monoisotopic (exact) mass is 277 g/mol. The average Bonchev–Trinajstić information content (AvgIpc) is 2.85. The van der Waals surface area contributed by atoms with E-state index in [0.29, 0.717) is 17.4 Å². The Morgan fingerprint density at radius 1 is 1.42 bits per heavy atom. The minimum Gasteiger partial charge on any atom is -0.334 e. The summed E-state index contributed by atoms with van der Waals surface area (Å²) in [6, 6.07) is 5.70. The van der Waals surface area contributed by atoms with Crippen LogP contribution in [0.4, 0.5) is 14.3 Å². The first kappa shape index (κ1) is 13.2. The fourth-order valence-electron chi connectivity index (χ4n) is 1.39. The van der Waals surface area contributed by atoms with Crippen LogP contribution in [0.5, 0.6) is 0 Å². The summed E-state index contributed by atoms with van der Waals surface area (Å²) in [6.45, 7) is 3.90. The van der Waals surface area contributed by atoms with Gasteiger partial charge in [-0.3, -0.25) is 5.32 Å². The van der Waals surface area contributed by atoms with Gasteiger partial charge in [-0.1, -0.05) is 6.08 Å². The van der Waals surface area contributed by atoms with Gasteiger partial charge >= 0.3 is 6.03 Å². The van der Waals surface area contributed by atoms with Gasteiger partial charge < -0.3 is 5.32 Å². The van der Waals surface area contributed by atoms with E-state index >= 15 is 0 Å². The molecule has 2 aromatic rings. The fourth-order valence-corrected chi connectivity index (χ4v) is 2.11. The van der Waals surface area contributed by atoms with E-state index in [0.717, 1.165) is 5.56 Å². The quantitative estimate of drug-likeness (QED) is 0.843. The topological polar surface area (TPSA) is 54.0 Å². The predicted molar refractivity (Wildman–Crippen MR) is 74.7 cm³/mol. The molecular formula is C13H12FN3OS. The van der Waals surface area contributed by atoms with Crippen molar-refractivity contribution < 1.29 is 9.18 Å². The molecule has 0 spiro atoms. The molecule has 0 aliphatic rings. The largest absolute Gasteiger partial charge is 0.334 e. The summed E-state index contributed by atoms with van der Waals surface area (Å²) in [7, 11) is 0. The highest BCUT2D eigenvalue weighted by molar-refractivity contribution is 7.14. The van der Waals surface area contributed by atoms with Crippen LogP contribution in [0.1, 0.15) is 0 Å². The number of rotatable bonds is 4. The average molecular weight is 277 g/mol.